The van der Waals surface area contributed by atoms with E-state index in [4.69, 9.17) is 0 Å². The summed E-state index contributed by atoms with van der Waals surface area (Å²) in [6.07, 6.45) is 6.91. The van der Waals surface area contributed by atoms with Crippen LogP contribution < -0.4 is 10.6 Å². The molecule has 138 valence electrons. The van der Waals surface area contributed by atoms with Crippen molar-refractivity contribution in [2.24, 2.45) is 0 Å². The lowest BCUT2D eigenvalue weighted by molar-refractivity contribution is -0.126. The first-order chi connectivity index (χ1) is 12.1. The molecule has 1 heterocycles. The van der Waals surface area contributed by atoms with Crippen molar-refractivity contribution in [2.75, 3.05) is 39.3 Å². The Bertz CT molecular complexity index is 526. The third kappa shape index (κ3) is 5.41. The van der Waals surface area contributed by atoms with Crippen LogP contribution in [0.5, 0.6) is 0 Å². The van der Waals surface area contributed by atoms with Gasteiger partial charge in [0.1, 0.15) is 5.54 Å². The highest BCUT2D eigenvalue weighted by atomic mass is 16.2. The number of nitrogens with one attached hydrogen (secondary N) is 2. The number of hydrogen-bond acceptors (Lipinski definition) is 5. The molecule has 1 aliphatic heterocycles. The lowest BCUT2D eigenvalue weighted by Gasteiger charge is -2.35. The molecule has 0 bridgehead atoms. The fraction of sp³-hybridized carbons (Fsp3) is 0.833. The minimum absolute atomic E-state index is 0.0524. The topological polar surface area (TPSA) is 88.5 Å². The van der Waals surface area contributed by atoms with Gasteiger partial charge >= 0.3 is 0 Å². The van der Waals surface area contributed by atoms with Gasteiger partial charge in [-0.25, -0.2) is 0 Å². The lowest BCUT2D eigenvalue weighted by atomic mass is 9.83. The van der Waals surface area contributed by atoms with E-state index in [2.05, 4.69) is 26.5 Å². The predicted octanol–water partition coefficient (Wildman–Crippen LogP) is 0.225. The highest BCUT2D eigenvalue weighted by molar-refractivity contribution is 5.79. The van der Waals surface area contributed by atoms with E-state index in [9.17, 15) is 14.9 Å². The van der Waals surface area contributed by atoms with Crippen molar-refractivity contribution in [1.82, 2.24) is 20.4 Å². The zero-order chi connectivity index (χ0) is 17.7. The van der Waals surface area contributed by atoms with E-state index in [1.807, 2.05) is 0 Å². The first-order valence-electron chi connectivity index (χ1n) is 9.55. The van der Waals surface area contributed by atoms with E-state index in [1.165, 1.54) is 0 Å². The first kappa shape index (κ1) is 18.2. The van der Waals surface area contributed by atoms with Gasteiger partial charge in [0, 0.05) is 32.2 Å². The van der Waals surface area contributed by atoms with Gasteiger partial charge in [0.05, 0.1) is 19.2 Å². The lowest BCUT2D eigenvalue weighted by Crippen LogP contribution is -2.55. The van der Waals surface area contributed by atoms with Crippen LogP contribution >= 0.6 is 0 Å². The number of nitriles is 1. The largest absolute Gasteiger partial charge is 0.352 e. The molecule has 3 rings (SSSR count). The van der Waals surface area contributed by atoms with Crippen molar-refractivity contribution in [2.45, 2.75) is 56.5 Å². The van der Waals surface area contributed by atoms with Crippen LogP contribution in [0.25, 0.3) is 0 Å². The number of nitrogens with zero attached hydrogens (tertiary/aromatic N) is 3. The molecule has 0 aromatic heterocycles. The molecule has 0 spiro atoms. The molecule has 2 aliphatic carbocycles. The van der Waals surface area contributed by atoms with E-state index in [1.54, 1.807) is 0 Å². The second-order valence-corrected chi connectivity index (χ2v) is 7.70. The van der Waals surface area contributed by atoms with Crippen molar-refractivity contribution < 1.29 is 9.59 Å². The number of piperazine rings is 1. The Kier molecular flexibility index (Phi) is 5.92. The van der Waals surface area contributed by atoms with Gasteiger partial charge in [0.25, 0.3) is 0 Å². The summed E-state index contributed by atoms with van der Waals surface area (Å²) in [5.74, 6) is 0.0605. The fourth-order valence-corrected chi connectivity index (χ4v) is 3.74. The number of carbonyl (C=O) groups excluding carboxylic acids is 2. The molecule has 0 radical (unpaired) electrons. The molecule has 1 saturated heterocycles. The van der Waals surface area contributed by atoms with Crippen LogP contribution in [0.3, 0.4) is 0 Å². The van der Waals surface area contributed by atoms with Crippen LogP contribution in [-0.4, -0.2) is 72.5 Å². The minimum Gasteiger partial charge on any atom is -0.352 e. The summed E-state index contributed by atoms with van der Waals surface area (Å²) in [6.45, 7) is 3.95. The first-order valence-corrected chi connectivity index (χ1v) is 9.55. The summed E-state index contributed by atoms with van der Waals surface area (Å²) >= 11 is 0. The summed E-state index contributed by atoms with van der Waals surface area (Å²) in [5.41, 5.74) is -0.655. The summed E-state index contributed by atoms with van der Waals surface area (Å²) in [5, 5.41) is 15.5. The number of hydrogen-bond donors (Lipinski definition) is 2. The Morgan fingerprint density at radius 3 is 2.04 bits per heavy atom. The van der Waals surface area contributed by atoms with Crippen molar-refractivity contribution >= 4 is 11.8 Å². The van der Waals surface area contributed by atoms with Crippen LogP contribution in [0, 0.1) is 11.3 Å². The van der Waals surface area contributed by atoms with Gasteiger partial charge in [-0.05, 0) is 25.7 Å². The van der Waals surface area contributed by atoms with Crippen molar-refractivity contribution in [3.8, 4) is 6.07 Å². The summed E-state index contributed by atoms with van der Waals surface area (Å²) in [6, 6.07) is 2.74. The Morgan fingerprint density at radius 1 is 0.960 bits per heavy atom. The molecule has 2 amide bonds. The molecule has 25 heavy (non-hydrogen) atoms. The summed E-state index contributed by atoms with van der Waals surface area (Å²) < 4.78 is 0. The van der Waals surface area contributed by atoms with E-state index in [-0.39, 0.29) is 11.8 Å². The molecule has 7 nitrogen and oxygen atoms in total. The number of amides is 2. The molecule has 7 heteroatoms. The van der Waals surface area contributed by atoms with E-state index in [0.717, 1.165) is 71.1 Å². The molecule has 0 unspecified atom stereocenters. The van der Waals surface area contributed by atoms with Gasteiger partial charge in [0.15, 0.2) is 0 Å². The Balaban J connectivity index is 1.37. The number of carbonyl (C=O) groups is 2. The van der Waals surface area contributed by atoms with Gasteiger partial charge in [-0.2, -0.15) is 5.26 Å². The highest BCUT2D eigenvalue weighted by Gasteiger charge is 2.34. The van der Waals surface area contributed by atoms with Crippen molar-refractivity contribution in [3.05, 3.63) is 0 Å². The molecule has 0 atom stereocenters. The molecular formula is C18H29N5O2. The fourth-order valence-electron chi connectivity index (χ4n) is 3.74. The normalized spacial score (nSPS) is 24.3. The summed E-state index contributed by atoms with van der Waals surface area (Å²) in [4.78, 5) is 28.5. The third-order valence-corrected chi connectivity index (χ3v) is 5.44. The van der Waals surface area contributed by atoms with Crippen LogP contribution in [0.15, 0.2) is 0 Å². The van der Waals surface area contributed by atoms with Crippen LogP contribution in [0.1, 0.15) is 44.9 Å². The van der Waals surface area contributed by atoms with E-state index < -0.39 is 5.54 Å². The zero-order valence-corrected chi connectivity index (χ0v) is 14.9. The molecule has 3 aliphatic rings. The second-order valence-electron chi connectivity index (χ2n) is 7.70. The average molecular weight is 347 g/mol. The number of rotatable bonds is 6. The van der Waals surface area contributed by atoms with Gasteiger partial charge in [-0.3, -0.25) is 19.4 Å². The van der Waals surface area contributed by atoms with E-state index >= 15 is 0 Å². The quantitative estimate of drug-likeness (QED) is 0.718. The molecule has 0 aromatic rings. The maximum Gasteiger partial charge on any atom is 0.235 e. The van der Waals surface area contributed by atoms with E-state index in [0.29, 0.717) is 19.1 Å². The second kappa shape index (κ2) is 8.15. The monoisotopic (exact) mass is 347 g/mol. The zero-order valence-electron chi connectivity index (χ0n) is 14.9. The molecule has 3 fully saturated rings. The van der Waals surface area contributed by atoms with Crippen LogP contribution in [0.2, 0.25) is 0 Å². The Morgan fingerprint density at radius 2 is 1.52 bits per heavy atom. The molecular weight excluding hydrogens is 318 g/mol. The Labute approximate surface area is 149 Å². The molecule has 2 saturated carbocycles. The van der Waals surface area contributed by atoms with Gasteiger partial charge in [-0.1, -0.05) is 19.3 Å². The molecule has 0 aromatic carbocycles. The predicted molar refractivity (Wildman–Crippen MR) is 93.6 cm³/mol. The summed E-state index contributed by atoms with van der Waals surface area (Å²) in [7, 11) is 0. The SMILES string of the molecule is N#CC1(NC(=O)CN2CCN(CC(=O)NC3CC3)CC2)CCCCC1. The standard InChI is InChI=1S/C18H29N5O2/c19-14-18(6-2-1-3-7-18)21-17(25)13-23-10-8-22(9-11-23)12-16(24)20-15-4-5-15/h15H,1-13H2,(H,20,24)(H,21,25). The van der Waals surface area contributed by atoms with Crippen molar-refractivity contribution in [1.29, 1.82) is 5.26 Å². The smallest absolute Gasteiger partial charge is 0.235 e. The van der Waals surface area contributed by atoms with Crippen LogP contribution in [0.4, 0.5) is 0 Å². The maximum atomic E-state index is 12.3. The highest BCUT2D eigenvalue weighted by Crippen LogP contribution is 2.27. The molecule has 2 N–H and O–H groups in total. The minimum atomic E-state index is -0.655. The van der Waals surface area contributed by atoms with Crippen molar-refractivity contribution in [3.63, 3.8) is 0 Å². The average Bonchev–Trinajstić information content (AvgIpc) is 3.41. The third-order valence-electron chi connectivity index (χ3n) is 5.44. The van der Waals surface area contributed by atoms with Gasteiger partial charge < -0.3 is 10.6 Å². The maximum absolute atomic E-state index is 12.3. The van der Waals surface area contributed by atoms with Crippen LogP contribution in [-0.2, 0) is 9.59 Å². The van der Waals surface area contributed by atoms with Gasteiger partial charge in [-0.15, -0.1) is 0 Å². The Hall–Kier alpha value is -1.65. The van der Waals surface area contributed by atoms with Gasteiger partial charge in [0.2, 0.25) is 11.8 Å².